The van der Waals surface area contributed by atoms with Gasteiger partial charge in [0, 0.05) is 46.1 Å². The molecular weight excluding hydrogens is 366 g/mol. The maximum Gasteiger partial charge on any atom is 0.191 e. The minimum absolute atomic E-state index is 0.668. The van der Waals surface area contributed by atoms with Gasteiger partial charge in [-0.05, 0) is 64.0 Å². The Hall–Kier alpha value is -1.79. The maximum atomic E-state index is 5.80. The van der Waals surface area contributed by atoms with Gasteiger partial charge in [0.2, 0.25) is 0 Å². The van der Waals surface area contributed by atoms with Gasteiger partial charge in [0.05, 0.1) is 6.61 Å². The summed E-state index contributed by atoms with van der Waals surface area (Å²) in [6.07, 6.45) is 5.26. The summed E-state index contributed by atoms with van der Waals surface area (Å²) in [6.45, 7) is 10.8. The van der Waals surface area contributed by atoms with Crippen molar-refractivity contribution in [3.8, 4) is 5.75 Å². The van der Waals surface area contributed by atoms with Crippen LogP contribution in [0, 0.1) is 12.8 Å². The largest absolute Gasteiger partial charge is 0.494 e. The number of benzene rings is 1. The average Bonchev–Trinajstić information content (AvgIpc) is 2.75. The molecule has 0 spiro atoms. The van der Waals surface area contributed by atoms with Crippen molar-refractivity contribution < 1.29 is 14.2 Å². The second kappa shape index (κ2) is 15.1. The Labute approximate surface area is 176 Å². The highest BCUT2D eigenvalue weighted by Crippen LogP contribution is 2.14. The summed E-state index contributed by atoms with van der Waals surface area (Å²) >= 11 is 0. The van der Waals surface area contributed by atoms with E-state index in [0.29, 0.717) is 5.92 Å². The molecule has 1 fully saturated rings. The van der Waals surface area contributed by atoms with Gasteiger partial charge in [-0.1, -0.05) is 17.7 Å². The summed E-state index contributed by atoms with van der Waals surface area (Å²) in [5, 5.41) is 6.70. The fourth-order valence-electron chi connectivity index (χ4n) is 3.12. The summed E-state index contributed by atoms with van der Waals surface area (Å²) in [5.41, 5.74) is 1.25. The molecule has 1 aliphatic heterocycles. The highest BCUT2D eigenvalue weighted by Gasteiger charge is 2.13. The van der Waals surface area contributed by atoms with E-state index in [-0.39, 0.29) is 0 Å². The van der Waals surface area contributed by atoms with Crippen LogP contribution in [0.1, 0.15) is 44.6 Å². The van der Waals surface area contributed by atoms with Crippen LogP contribution in [0.2, 0.25) is 0 Å². The number of rotatable bonds is 13. The van der Waals surface area contributed by atoms with Crippen LogP contribution in [0.15, 0.2) is 29.3 Å². The third-order valence-electron chi connectivity index (χ3n) is 4.91. The lowest BCUT2D eigenvalue weighted by atomic mass is 10.0. The van der Waals surface area contributed by atoms with Crippen LogP contribution < -0.4 is 15.4 Å². The Morgan fingerprint density at radius 3 is 2.62 bits per heavy atom. The molecule has 29 heavy (non-hydrogen) atoms. The summed E-state index contributed by atoms with van der Waals surface area (Å²) in [4.78, 5) is 4.63. The molecule has 1 saturated heterocycles. The topological polar surface area (TPSA) is 64.1 Å². The van der Waals surface area contributed by atoms with Crippen molar-refractivity contribution in [1.29, 1.82) is 0 Å². The molecule has 6 nitrogen and oxygen atoms in total. The maximum absolute atomic E-state index is 5.80. The van der Waals surface area contributed by atoms with Gasteiger partial charge in [0.1, 0.15) is 5.75 Å². The first kappa shape index (κ1) is 23.5. The van der Waals surface area contributed by atoms with Crippen LogP contribution in [-0.2, 0) is 9.47 Å². The van der Waals surface area contributed by atoms with E-state index in [0.717, 1.165) is 96.5 Å². The van der Waals surface area contributed by atoms with Gasteiger partial charge in [0.25, 0.3) is 0 Å². The molecule has 1 heterocycles. The van der Waals surface area contributed by atoms with Crippen LogP contribution in [0.5, 0.6) is 5.75 Å². The average molecular weight is 406 g/mol. The van der Waals surface area contributed by atoms with Gasteiger partial charge >= 0.3 is 0 Å². The van der Waals surface area contributed by atoms with E-state index in [1.54, 1.807) is 0 Å². The van der Waals surface area contributed by atoms with Gasteiger partial charge in [-0.2, -0.15) is 0 Å². The van der Waals surface area contributed by atoms with Crippen molar-refractivity contribution >= 4 is 5.96 Å². The van der Waals surface area contributed by atoms with Crippen LogP contribution in [-0.4, -0.2) is 58.6 Å². The van der Waals surface area contributed by atoms with Gasteiger partial charge < -0.3 is 24.8 Å². The van der Waals surface area contributed by atoms with Crippen molar-refractivity contribution in [3.05, 3.63) is 29.8 Å². The summed E-state index contributed by atoms with van der Waals surface area (Å²) in [7, 11) is 0. The number of nitrogens with one attached hydrogen (secondary N) is 2. The molecular formula is C23H39N3O3. The molecule has 0 radical (unpaired) electrons. The molecule has 0 aromatic heterocycles. The molecule has 2 N–H and O–H groups in total. The summed E-state index contributed by atoms with van der Waals surface area (Å²) < 4.78 is 16.9. The van der Waals surface area contributed by atoms with Crippen molar-refractivity contribution in [1.82, 2.24) is 10.6 Å². The number of nitrogens with zero attached hydrogens (tertiary/aromatic N) is 1. The first-order chi connectivity index (χ1) is 14.3. The van der Waals surface area contributed by atoms with E-state index < -0.39 is 0 Å². The Bertz CT molecular complexity index is 557. The van der Waals surface area contributed by atoms with Crippen LogP contribution in [0.3, 0.4) is 0 Å². The van der Waals surface area contributed by atoms with E-state index in [2.05, 4.69) is 41.6 Å². The number of ether oxygens (including phenoxy) is 3. The molecule has 0 unspecified atom stereocenters. The molecule has 164 valence electrons. The fraction of sp³-hybridized carbons (Fsp3) is 0.696. The zero-order valence-electron chi connectivity index (χ0n) is 18.3. The van der Waals surface area contributed by atoms with Gasteiger partial charge in [-0.15, -0.1) is 0 Å². The third kappa shape index (κ3) is 11.1. The second-order valence-electron chi connectivity index (χ2n) is 7.54. The fourth-order valence-corrected chi connectivity index (χ4v) is 3.12. The predicted molar refractivity (Wildman–Crippen MR) is 119 cm³/mol. The molecule has 0 aliphatic carbocycles. The molecule has 1 aliphatic rings. The lowest BCUT2D eigenvalue weighted by Crippen LogP contribution is -2.38. The smallest absolute Gasteiger partial charge is 0.191 e. The molecule has 0 amide bonds. The first-order valence-electron chi connectivity index (χ1n) is 11.1. The van der Waals surface area contributed by atoms with Crippen LogP contribution in [0.25, 0.3) is 0 Å². The lowest BCUT2D eigenvalue weighted by molar-refractivity contribution is 0.0205. The molecule has 1 aromatic rings. The number of aryl methyl sites for hydroxylation is 1. The molecule has 1 aromatic carbocycles. The predicted octanol–water partition coefficient (Wildman–Crippen LogP) is 3.54. The van der Waals surface area contributed by atoms with Gasteiger partial charge in [-0.3, -0.25) is 4.99 Å². The minimum Gasteiger partial charge on any atom is -0.494 e. The van der Waals surface area contributed by atoms with Gasteiger partial charge in [0.15, 0.2) is 5.96 Å². The number of hydrogen-bond acceptors (Lipinski definition) is 4. The molecule has 6 heteroatoms. The van der Waals surface area contributed by atoms with Crippen LogP contribution >= 0.6 is 0 Å². The molecule has 0 atom stereocenters. The Morgan fingerprint density at radius 1 is 1.07 bits per heavy atom. The van der Waals surface area contributed by atoms with E-state index in [1.807, 2.05) is 12.1 Å². The number of hydrogen-bond donors (Lipinski definition) is 2. The molecule has 2 rings (SSSR count). The van der Waals surface area contributed by atoms with Crippen molar-refractivity contribution in [2.24, 2.45) is 10.9 Å². The number of unbranched alkanes of at least 4 members (excludes halogenated alkanes) is 1. The quantitative estimate of drug-likeness (QED) is 0.299. The SMILES string of the molecule is CCNC(=NCCCOCC1CCOCC1)NCCCCOc1ccc(C)cc1. The first-order valence-corrected chi connectivity index (χ1v) is 11.1. The minimum atomic E-state index is 0.668. The highest BCUT2D eigenvalue weighted by molar-refractivity contribution is 5.79. The second-order valence-corrected chi connectivity index (χ2v) is 7.54. The van der Waals surface area contributed by atoms with Crippen LogP contribution in [0.4, 0.5) is 0 Å². The number of aliphatic imine (C=N–C) groups is 1. The van der Waals surface area contributed by atoms with E-state index in [4.69, 9.17) is 14.2 Å². The lowest BCUT2D eigenvalue weighted by Gasteiger charge is -2.21. The normalized spacial score (nSPS) is 15.3. The standard InChI is InChI=1S/C23H39N3O3/c1-3-24-23(26-14-6-15-28-19-21-11-17-27-18-12-21)25-13-4-5-16-29-22-9-7-20(2)8-10-22/h7-10,21H,3-6,11-19H2,1-2H3,(H2,24,25,26). The zero-order chi connectivity index (χ0) is 20.6. The zero-order valence-corrected chi connectivity index (χ0v) is 18.3. The summed E-state index contributed by atoms with van der Waals surface area (Å²) in [5.74, 6) is 2.50. The van der Waals surface area contributed by atoms with E-state index >= 15 is 0 Å². The molecule has 0 bridgehead atoms. The van der Waals surface area contributed by atoms with E-state index in [1.165, 1.54) is 5.56 Å². The van der Waals surface area contributed by atoms with E-state index in [9.17, 15) is 0 Å². The highest BCUT2D eigenvalue weighted by atomic mass is 16.5. The Kier molecular flexibility index (Phi) is 12.2. The van der Waals surface area contributed by atoms with Crippen molar-refractivity contribution in [2.75, 3.05) is 52.7 Å². The summed E-state index contributed by atoms with van der Waals surface area (Å²) in [6, 6.07) is 8.20. The van der Waals surface area contributed by atoms with Crippen molar-refractivity contribution in [2.45, 2.75) is 46.0 Å². The van der Waals surface area contributed by atoms with Crippen molar-refractivity contribution in [3.63, 3.8) is 0 Å². The third-order valence-corrected chi connectivity index (χ3v) is 4.91. The Balaban J connectivity index is 1.49. The monoisotopic (exact) mass is 405 g/mol. The molecule has 0 saturated carbocycles. The number of guanidine groups is 1. The Morgan fingerprint density at radius 2 is 1.86 bits per heavy atom. The van der Waals surface area contributed by atoms with Gasteiger partial charge in [-0.25, -0.2) is 0 Å².